The number of amides is 1. The van der Waals surface area contributed by atoms with Crippen LogP contribution in [0.2, 0.25) is 0 Å². The fourth-order valence-electron chi connectivity index (χ4n) is 4.72. The molecule has 0 aliphatic carbocycles. The smallest absolute Gasteiger partial charge is 0.344 e. The minimum atomic E-state index is -1.78. The van der Waals surface area contributed by atoms with E-state index in [2.05, 4.69) is 24.4 Å². The highest BCUT2D eigenvalue weighted by Crippen LogP contribution is 2.66. The zero-order chi connectivity index (χ0) is 22.4. The Kier molecular flexibility index (Phi) is 7.89. The molecule has 1 unspecified atom stereocenters. The number of ether oxygens (including phenoxy) is 1. The monoisotopic (exact) mass is 440 g/mol. The Balaban J connectivity index is 1.71. The third-order valence-electron chi connectivity index (χ3n) is 6.52. The van der Waals surface area contributed by atoms with E-state index in [4.69, 9.17) is 4.74 Å². The van der Waals surface area contributed by atoms with Gasteiger partial charge < -0.3 is 10.1 Å². The second kappa shape index (κ2) is 10.4. The molecule has 5 heteroatoms. The van der Waals surface area contributed by atoms with E-state index in [0.717, 1.165) is 47.5 Å². The molecule has 0 aromatic heterocycles. The average Bonchev–Trinajstić information content (AvgIpc) is 2.75. The molecule has 0 saturated carbocycles. The summed E-state index contributed by atoms with van der Waals surface area (Å²) < 4.78 is 5.61. The van der Waals surface area contributed by atoms with Gasteiger partial charge in [-0.1, -0.05) is 48.0 Å². The summed E-state index contributed by atoms with van der Waals surface area (Å²) in [6, 6.07) is 14.0. The molecular formula is C26H35NO3P+. The first-order valence-corrected chi connectivity index (χ1v) is 13.7. The van der Waals surface area contributed by atoms with E-state index >= 15 is 0 Å². The first kappa shape index (κ1) is 23.5. The van der Waals surface area contributed by atoms with Crippen molar-refractivity contribution in [2.24, 2.45) is 0 Å². The van der Waals surface area contributed by atoms with E-state index in [0.29, 0.717) is 12.8 Å². The lowest BCUT2D eigenvalue weighted by atomic mass is 10.1. The summed E-state index contributed by atoms with van der Waals surface area (Å²) in [5, 5.41) is 3.20. The fraction of sp³-hybridized carbons (Fsp3) is 0.462. The van der Waals surface area contributed by atoms with E-state index in [1.54, 1.807) is 0 Å². The number of rotatable bonds is 7. The zero-order valence-electron chi connectivity index (χ0n) is 19.2. The fourth-order valence-corrected chi connectivity index (χ4v) is 9.18. The van der Waals surface area contributed by atoms with Gasteiger partial charge in [-0.05, 0) is 63.6 Å². The number of anilines is 1. The number of hydrogen-bond acceptors (Lipinski definition) is 3. The van der Waals surface area contributed by atoms with Gasteiger partial charge in [0.1, 0.15) is 12.3 Å². The molecule has 3 rings (SSSR count). The number of aryl methyl sites for hydroxylation is 3. The molecule has 1 atom stereocenters. The van der Waals surface area contributed by atoms with Crippen LogP contribution >= 0.6 is 7.26 Å². The molecule has 1 aliphatic rings. The summed E-state index contributed by atoms with van der Waals surface area (Å²) in [6.45, 7) is 8.46. The van der Waals surface area contributed by atoms with Crippen LogP contribution in [-0.4, -0.2) is 36.0 Å². The first-order chi connectivity index (χ1) is 14.8. The van der Waals surface area contributed by atoms with Gasteiger partial charge in [0.05, 0.1) is 12.3 Å². The molecule has 1 fully saturated rings. The lowest BCUT2D eigenvalue weighted by molar-refractivity contribution is -0.141. The molecule has 1 heterocycles. The summed E-state index contributed by atoms with van der Waals surface area (Å²) in [7, 11) is -1.78. The summed E-state index contributed by atoms with van der Waals surface area (Å²) in [5.74, 6) is -0.123. The second-order valence-corrected chi connectivity index (χ2v) is 13.4. The zero-order valence-corrected chi connectivity index (χ0v) is 20.1. The Bertz CT molecular complexity index is 896. The van der Waals surface area contributed by atoms with Crippen molar-refractivity contribution in [3.8, 4) is 0 Å². The molecule has 4 nitrogen and oxygen atoms in total. The lowest BCUT2D eigenvalue weighted by Gasteiger charge is -2.34. The second-order valence-electron chi connectivity index (χ2n) is 8.97. The van der Waals surface area contributed by atoms with Crippen molar-refractivity contribution in [3.05, 3.63) is 64.7 Å². The highest BCUT2D eigenvalue weighted by molar-refractivity contribution is 7.78. The van der Waals surface area contributed by atoms with Crippen LogP contribution in [0.4, 0.5) is 5.69 Å². The number of benzene rings is 2. The van der Waals surface area contributed by atoms with Gasteiger partial charge in [0.2, 0.25) is 0 Å². The quantitative estimate of drug-likeness (QED) is 0.432. The maximum absolute atomic E-state index is 13.3. The minimum Gasteiger partial charge on any atom is -0.458 e. The number of hydrogen-bond donors (Lipinski definition) is 1. The van der Waals surface area contributed by atoms with E-state index in [-0.39, 0.29) is 17.5 Å². The van der Waals surface area contributed by atoms with E-state index in [1.165, 1.54) is 12.0 Å². The van der Waals surface area contributed by atoms with Gasteiger partial charge in [-0.25, -0.2) is 4.79 Å². The number of nitrogens with one attached hydrogen (secondary N) is 1. The maximum Gasteiger partial charge on any atom is 0.344 e. The average molecular weight is 441 g/mol. The van der Waals surface area contributed by atoms with Crippen molar-refractivity contribution in [2.45, 2.75) is 59.2 Å². The Hall–Kier alpha value is -2.19. The van der Waals surface area contributed by atoms with Gasteiger partial charge in [-0.15, -0.1) is 0 Å². The molecule has 1 N–H and O–H groups in total. The molecule has 1 saturated heterocycles. The van der Waals surface area contributed by atoms with Crippen molar-refractivity contribution >= 4 is 24.8 Å². The molecule has 31 heavy (non-hydrogen) atoms. The lowest BCUT2D eigenvalue weighted by Crippen LogP contribution is -2.35. The predicted molar refractivity (Wildman–Crippen MR) is 130 cm³/mol. The standard InChI is InChI=1S/C26H34NO3P/c1-19-15-20(2)25(21(3)16-19)27-26(29)22(4)31(13-9-6-10-14-31)18-24(28)30-17-23-11-7-5-8-12-23/h5,7-8,11-12,15-16,22H,6,9-10,13-14,17-18H2,1-4H3/p+1. The molecule has 2 aromatic rings. The Labute approximate surface area is 187 Å². The van der Waals surface area contributed by atoms with Crippen LogP contribution in [0.1, 0.15) is 48.4 Å². The highest BCUT2D eigenvalue weighted by Gasteiger charge is 2.49. The molecular weight excluding hydrogens is 405 g/mol. The van der Waals surface area contributed by atoms with Gasteiger partial charge in [-0.3, -0.25) is 4.79 Å². The molecule has 1 amide bonds. The topological polar surface area (TPSA) is 55.4 Å². The molecule has 0 spiro atoms. The van der Waals surface area contributed by atoms with Gasteiger partial charge in [0.25, 0.3) is 5.91 Å². The van der Waals surface area contributed by atoms with Gasteiger partial charge in [-0.2, -0.15) is 0 Å². The van der Waals surface area contributed by atoms with Crippen LogP contribution in [0.5, 0.6) is 0 Å². The summed E-state index contributed by atoms with van der Waals surface area (Å²) in [4.78, 5) is 26.1. The molecule has 2 aromatic carbocycles. The molecule has 0 bridgehead atoms. The van der Waals surface area contributed by atoms with Crippen LogP contribution in [0.15, 0.2) is 42.5 Å². The van der Waals surface area contributed by atoms with Crippen molar-refractivity contribution in [2.75, 3.05) is 23.8 Å². The number of esters is 1. The maximum atomic E-state index is 13.3. The van der Waals surface area contributed by atoms with Crippen molar-refractivity contribution in [1.82, 2.24) is 0 Å². The van der Waals surface area contributed by atoms with E-state index in [9.17, 15) is 9.59 Å². The van der Waals surface area contributed by atoms with Crippen molar-refractivity contribution < 1.29 is 14.3 Å². The van der Waals surface area contributed by atoms with Crippen LogP contribution in [0.3, 0.4) is 0 Å². The molecule has 1 aliphatic heterocycles. The van der Waals surface area contributed by atoms with Crippen LogP contribution < -0.4 is 5.32 Å². The van der Waals surface area contributed by atoms with E-state index < -0.39 is 7.26 Å². The Morgan fingerprint density at radius 1 is 1.00 bits per heavy atom. The highest BCUT2D eigenvalue weighted by atomic mass is 31.2. The summed E-state index contributed by atoms with van der Waals surface area (Å²) in [6.07, 6.45) is 5.77. The third kappa shape index (κ3) is 5.95. The summed E-state index contributed by atoms with van der Waals surface area (Å²) in [5.41, 5.74) is 5.09. The Morgan fingerprint density at radius 2 is 1.61 bits per heavy atom. The third-order valence-corrected chi connectivity index (χ3v) is 11.7. The van der Waals surface area contributed by atoms with Crippen LogP contribution in [0.25, 0.3) is 0 Å². The first-order valence-electron chi connectivity index (χ1n) is 11.2. The summed E-state index contributed by atoms with van der Waals surface area (Å²) >= 11 is 0. The molecule has 0 radical (unpaired) electrons. The predicted octanol–water partition coefficient (Wildman–Crippen LogP) is 5.88. The van der Waals surface area contributed by atoms with Gasteiger partial charge in [0.15, 0.2) is 6.16 Å². The van der Waals surface area contributed by atoms with Crippen molar-refractivity contribution in [1.29, 1.82) is 0 Å². The van der Waals surface area contributed by atoms with Gasteiger partial charge >= 0.3 is 5.97 Å². The number of carbonyl (C=O) groups excluding carboxylic acids is 2. The Morgan fingerprint density at radius 3 is 2.23 bits per heavy atom. The SMILES string of the molecule is Cc1cc(C)c(NC(=O)C(C)[P+]2(CC(=O)OCc3ccccc3)CCCCC2)c(C)c1. The van der Waals surface area contributed by atoms with Crippen LogP contribution in [0, 0.1) is 20.8 Å². The van der Waals surface area contributed by atoms with Crippen molar-refractivity contribution in [3.63, 3.8) is 0 Å². The van der Waals surface area contributed by atoms with E-state index in [1.807, 2.05) is 51.1 Å². The normalized spacial score (nSPS) is 16.4. The number of carbonyl (C=O) groups is 2. The molecule has 166 valence electrons. The largest absolute Gasteiger partial charge is 0.458 e. The van der Waals surface area contributed by atoms with Gasteiger partial charge in [0, 0.05) is 12.9 Å². The minimum absolute atomic E-state index is 0.0427. The van der Waals surface area contributed by atoms with Crippen LogP contribution in [-0.2, 0) is 20.9 Å².